The predicted molar refractivity (Wildman–Crippen MR) is 149 cm³/mol. The molecule has 2 aliphatic rings. The van der Waals surface area contributed by atoms with Gasteiger partial charge in [0.1, 0.15) is 0 Å². The van der Waals surface area contributed by atoms with E-state index in [2.05, 4.69) is 54.3 Å². The molecule has 2 aromatic heterocycles. The number of aryl methyl sites for hydroxylation is 2. The third-order valence-corrected chi connectivity index (χ3v) is 9.18. The molecule has 2 amide bonds. The number of benzene rings is 1. The van der Waals surface area contributed by atoms with Crippen molar-refractivity contribution in [1.29, 1.82) is 0 Å². The molecule has 0 spiro atoms. The summed E-state index contributed by atoms with van der Waals surface area (Å²) in [6, 6.07) is 8.18. The van der Waals surface area contributed by atoms with Crippen molar-refractivity contribution in [2.75, 3.05) is 32.0 Å². The fraction of sp³-hybridized carbons (Fsp3) is 0.517. The van der Waals surface area contributed by atoms with Crippen LogP contribution in [0.2, 0.25) is 0 Å². The van der Waals surface area contributed by atoms with E-state index in [4.69, 9.17) is 4.98 Å². The highest BCUT2D eigenvalue weighted by Gasteiger charge is 2.34. The zero-order valence-electron chi connectivity index (χ0n) is 22.3. The van der Waals surface area contributed by atoms with Gasteiger partial charge in [-0.15, -0.1) is 11.3 Å². The lowest BCUT2D eigenvalue weighted by atomic mass is 9.89. The van der Waals surface area contributed by atoms with Crippen molar-refractivity contribution < 1.29 is 9.59 Å². The van der Waals surface area contributed by atoms with Crippen LogP contribution in [0.3, 0.4) is 0 Å². The number of amides is 2. The van der Waals surface area contributed by atoms with Gasteiger partial charge in [-0.2, -0.15) is 0 Å². The molecule has 0 unspecified atom stereocenters. The van der Waals surface area contributed by atoms with E-state index in [-0.39, 0.29) is 6.04 Å². The first kappa shape index (κ1) is 25.8. The first-order chi connectivity index (χ1) is 17.8. The lowest BCUT2D eigenvalue weighted by Crippen LogP contribution is -2.46. The minimum atomic E-state index is -0.605. The van der Waals surface area contributed by atoms with Crippen molar-refractivity contribution in [3.05, 3.63) is 52.3 Å². The SMILES string of the molecule is CCc1cc(NC(=O)C(=O)N2C[C@@H](C)CC[C@@H]2c2ccc3sc(C4CCN(C)CC4)nc3c2)cnc1C. The summed E-state index contributed by atoms with van der Waals surface area (Å²) in [6.07, 6.45) is 6.60. The Labute approximate surface area is 223 Å². The second kappa shape index (κ2) is 10.9. The maximum Gasteiger partial charge on any atom is 0.313 e. The maximum absolute atomic E-state index is 13.4. The summed E-state index contributed by atoms with van der Waals surface area (Å²) in [6.45, 7) is 8.94. The summed E-state index contributed by atoms with van der Waals surface area (Å²) < 4.78 is 1.19. The van der Waals surface area contributed by atoms with Crippen molar-refractivity contribution in [1.82, 2.24) is 19.8 Å². The standard InChI is InChI=1S/C29H37N5O2S/c1-5-20-14-23(16-30-19(20)3)31-27(35)29(36)34-17-18(2)6-8-25(34)22-7-9-26-24(15-22)32-28(37-26)21-10-12-33(4)13-11-21/h7,9,14-16,18,21,25H,5-6,8,10-13,17H2,1-4H3,(H,31,35)/t18-,25+/m0/s1. The number of hydrogen-bond donors (Lipinski definition) is 1. The van der Waals surface area contributed by atoms with Crippen molar-refractivity contribution in [2.24, 2.45) is 5.92 Å². The van der Waals surface area contributed by atoms with Gasteiger partial charge in [-0.1, -0.05) is 19.9 Å². The Morgan fingerprint density at radius 2 is 1.92 bits per heavy atom. The Bertz CT molecular complexity index is 1300. The summed E-state index contributed by atoms with van der Waals surface area (Å²) in [5.41, 5.74) is 4.63. The van der Waals surface area contributed by atoms with E-state index in [1.807, 2.05) is 13.0 Å². The lowest BCUT2D eigenvalue weighted by molar-refractivity contribution is -0.146. The molecule has 37 heavy (non-hydrogen) atoms. The van der Waals surface area contributed by atoms with Crippen molar-refractivity contribution in [3.63, 3.8) is 0 Å². The van der Waals surface area contributed by atoms with Crippen molar-refractivity contribution in [2.45, 2.75) is 64.8 Å². The molecule has 0 bridgehead atoms. The Balaban J connectivity index is 1.36. The molecule has 8 heteroatoms. The number of aromatic nitrogens is 2. The Kier molecular flexibility index (Phi) is 7.58. The van der Waals surface area contributed by atoms with E-state index in [0.29, 0.717) is 24.1 Å². The van der Waals surface area contributed by atoms with E-state index in [1.54, 1.807) is 22.4 Å². The summed E-state index contributed by atoms with van der Waals surface area (Å²) in [4.78, 5) is 40.0. The van der Waals surface area contributed by atoms with Gasteiger partial charge in [0, 0.05) is 18.2 Å². The predicted octanol–water partition coefficient (Wildman–Crippen LogP) is 5.31. The van der Waals surface area contributed by atoms with Crippen molar-refractivity contribution in [3.8, 4) is 0 Å². The van der Waals surface area contributed by atoms with Gasteiger partial charge >= 0.3 is 11.8 Å². The number of piperidine rings is 2. The van der Waals surface area contributed by atoms with Crippen LogP contribution in [0, 0.1) is 12.8 Å². The number of rotatable bonds is 4. The van der Waals surface area contributed by atoms with Gasteiger partial charge in [-0.3, -0.25) is 14.6 Å². The molecule has 3 aromatic rings. The minimum absolute atomic E-state index is 0.130. The van der Waals surface area contributed by atoms with Gasteiger partial charge < -0.3 is 15.1 Å². The molecule has 0 radical (unpaired) electrons. The first-order valence-electron chi connectivity index (χ1n) is 13.5. The average molecular weight is 520 g/mol. The third-order valence-electron chi connectivity index (χ3n) is 7.98. The second-order valence-corrected chi connectivity index (χ2v) is 11.9. The number of thiazole rings is 1. The smallest absolute Gasteiger partial charge is 0.313 e. The van der Waals surface area contributed by atoms with Gasteiger partial charge in [0.2, 0.25) is 0 Å². The first-order valence-corrected chi connectivity index (χ1v) is 14.3. The largest absolute Gasteiger partial charge is 0.327 e. The number of nitrogens with one attached hydrogen (secondary N) is 1. The average Bonchev–Trinajstić information content (AvgIpc) is 3.33. The maximum atomic E-state index is 13.4. The zero-order valence-corrected chi connectivity index (χ0v) is 23.1. The van der Waals surface area contributed by atoms with E-state index < -0.39 is 11.8 Å². The molecular formula is C29H37N5O2S. The molecule has 2 fully saturated rings. The van der Waals surface area contributed by atoms with Crippen LogP contribution >= 0.6 is 11.3 Å². The highest BCUT2D eigenvalue weighted by Crippen LogP contribution is 2.38. The van der Waals surface area contributed by atoms with Crippen molar-refractivity contribution >= 4 is 39.1 Å². The summed E-state index contributed by atoms with van der Waals surface area (Å²) >= 11 is 1.80. The molecule has 0 aliphatic carbocycles. The number of pyridine rings is 1. The molecule has 4 heterocycles. The normalized spacial score (nSPS) is 21.4. The van der Waals surface area contributed by atoms with Gasteiger partial charge in [-0.25, -0.2) is 4.98 Å². The van der Waals surface area contributed by atoms with Crippen LogP contribution in [0.25, 0.3) is 10.2 Å². The van der Waals surface area contributed by atoms with E-state index >= 15 is 0 Å². The van der Waals surface area contributed by atoms with Gasteiger partial charge in [-0.05, 0) is 94.4 Å². The molecule has 1 aromatic carbocycles. The lowest BCUT2D eigenvalue weighted by Gasteiger charge is -2.38. The van der Waals surface area contributed by atoms with Crippen LogP contribution in [-0.4, -0.2) is 58.3 Å². The Morgan fingerprint density at radius 3 is 2.68 bits per heavy atom. The number of anilines is 1. The molecule has 0 saturated carbocycles. The van der Waals surface area contributed by atoms with Crippen LogP contribution < -0.4 is 5.32 Å². The second-order valence-electron chi connectivity index (χ2n) is 10.8. The number of nitrogens with zero attached hydrogens (tertiary/aromatic N) is 4. The fourth-order valence-electron chi connectivity index (χ4n) is 5.64. The number of fused-ring (bicyclic) bond motifs is 1. The molecule has 196 valence electrons. The highest BCUT2D eigenvalue weighted by atomic mass is 32.1. The van der Waals surface area contributed by atoms with Crippen LogP contribution in [0.4, 0.5) is 5.69 Å². The molecular weight excluding hydrogens is 482 g/mol. The third kappa shape index (κ3) is 5.55. The molecule has 1 N–H and O–H groups in total. The van der Waals surface area contributed by atoms with E-state index in [1.165, 1.54) is 9.71 Å². The number of hydrogen-bond acceptors (Lipinski definition) is 6. The summed E-state index contributed by atoms with van der Waals surface area (Å²) in [5, 5.41) is 4.02. The Morgan fingerprint density at radius 1 is 1.14 bits per heavy atom. The minimum Gasteiger partial charge on any atom is -0.327 e. The number of likely N-dealkylation sites (tertiary alicyclic amines) is 2. The molecule has 7 nitrogen and oxygen atoms in total. The van der Waals surface area contributed by atoms with Gasteiger partial charge in [0.05, 0.1) is 33.2 Å². The zero-order chi connectivity index (χ0) is 26.1. The molecule has 2 atom stereocenters. The molecule has 5 rings (SSSR count). The van der Waals surface area contributed by atoms with Crippen LogP contribution in [0.5, 0.6) is 0 Å². The monoisotopic (exact) mass is 519 g/mol. The highest BCUT2D eigenvalue weighted by molar-refractivity contribution is 7.18. The fourth-order valence-corrected chi connectivity index (χ4v) is 6.76. The number of carbonyl (C=O) groups is 2. The van der Waals surface area contributed by atoms with Gasteiger partial charge in [0.25, 0.3) is 0 Å². The van der Waals surface area contributed by atoms with Gasteiger partial charge in [0.15, 0.2) is 0 Å². The van der Waals surface area contributed by atoms with E-state index in [9.17, 15) is 9.59 Å². The summed E-state index contributed by atoms with van der Waals surface area (Å²) in [7, 11) is 2.18. The summed E-state index contributed by atoms with van der Waals surface area (Å²) in [5.74, 6) is -0.217. The topological polar surface area (TPSA) is 78.4 Å². The van der Waals surface area contributed by atoms with Crippen LogP contribution in [-0.2, 0) is 16.0 Å². The quantitative estimate of drug-likeness (QED) is 0.473. The van der Waals surface area contributed by atoms with E-state index in [0.717, 1.165) is 67.5 Å². The van der Waals surface area contributed by atoms with Crippen LogP contribution in [0.1, 0.15) is 73.3 Å². The number of carbonyl (C=O) groups excluding carboxylic acids is 2. The molecule has 2 saturated heterocycles. The van der Waals surface area contributed by atoms with Crippen LogP contribution in [0.15, 0.2) is 30.5 Å². The Hall–Kier alpha value is -2.84. The molecule has 2 aliphatic heterocycles.